The van der Waals surface area contributed by atoms with Crippen molar-refractivity contribution in [2.75, 3.05) is 32.1 Å². The number of hydrogen-bond acceptors (Lipinski definition) is 2. The average Bonchev–Trinajstić information content (AvgIpc) is 2.26. The first-order chi connectivity index (χ1) is 7.11. The fourth-order valence-electron chi connectivity index (χ4n) is 1.38. The summed E-state index contributed by atoms with van der Waals surface area (Å²) in [7, 11) is 4.31. The van der Waals surface area contributed by atoms with E-state index >= 15 is 0 Å². The normalized spacial score (nSPS) is 11.1. The molecule has 0 saturated heterocycles. The van der Waals surface area contributed by atoms with Crippen molar-refractivity contribution < 1.29 is 0 Å². The van der Waals surface area contributed by atoms with Gasteiger partial charge in [-0.05, 0) is 33.0 Å². The molecule has 0 aliphatic rings. The third-order valence-corrected chi connectivity index (χ3v) is 2.87. The van der Waals surface area contributed by atoms with Gasteiger partial charge in [0.25, 0.3) is 0 Å². The van der Waals surface area contributed by atoms with Crippen LogP contribution in [0, 0.1) is 0 Å². The number of hydrogen-bond donors (Lipinski definition) is 0. The van der Waals surface area contributed by atoms with Crippen molar-refractivity contribution >= 4 is 5.69 Å². The quantitative estimate of drug-likeness (QED) is 0.730. The fourth-order valence-corrected chi connectivity index (χ4v) is 1.38. The van der Waals surface area contributed by atoms with Gasteiger partial charge in [0.1, 0.15) is 0 Å². The van der Waals surface area contributed by atoms with Crippen molar-refractivity contribution in [3.8, 4) is 0 Å². The highest BCUT2D eigenvalue weighted by Gasteiger charge is 2.05. The lowest BCUT2D eigenvalue weighted by molar-refractivity contribution is 0.280. The minimum absolute atomic E-state index is 0.620. The second kappa shape index (κ2) is 5.76. The van der Waals surface area contributed by atoms with E-state index in [1.165, 1.54) is 5.69 Å². The SMILES string of the molecule is CC(C)N(C)CCN(C)c1ccccc1. The van der Waals surface area contributed by atoms with Crippen molar-refractivity contribution in [3.05, 3.63) is 30.3 Å². The van der Waals surface area contributed by atoms with Crippen LogP contribution in [-0.2, 0) is 0 Å². The third-order valence-electron chi connectivity index (χ3n) is 2.87. The molecule has 0 aromatic heterocycles. The van der Waals surface area contributed by atoms with E-state index in [1.54, 1.807) is 0 Å². The molecule has 1 rings (SSSR count). The number of likely N-dealkylation sites (N-methyl/N-ethyl adjacent to an activating group) is 2. The van der Waals surface area contributed by atoms with E-state index in [0.717, 1.165) is 13.1 Å². The lowest BCUT2D eigenvalue weighted by Gasteiger charge is -2.25. The molecule has 0 unspecified atom stereocenters. The van der Waals surface area contributed by atoms with Gasteiger partial charge in [0.2, 0.25) is 0 Å². The Morgan fingerprint density at radius 1 is 1.00 bits per heavy atom. The summed E-state index contributed by atoms with van der Waals surface area (Å²) in [5, 5.41) is 0. The second-order valence-corrected chi connectivity index (χ2v) is 4.33. The summed E-state index contributed by atoms with van der Waals surface area (Å²) in [5.41, 5.74) is 1.29. The van der Waals surface area contributed by atoms with E-state index in [1.807, 2.05) is 0 Å². The van der Waals surface area contributed by atoms with E-state index in [2.05, 4.69) is 68.1 Å². The fraction of sp³-hybridized carbons (Fsp3) is 0.538. The maximum Gasteiger partial charge on any atom is 0.0364 e. The molecule has 0 aliphatic heterocycles. The summed E-state index contributed by atoms with van der Waals surface area (Å²) >= 11 is 0. The van der Waals surface area contributed by atoms with Gasteiger partial charge in [-0.3, -0.25) is 0 Å². The van der Waals surface area contributed by atoms with Crippen LogP contribution in [0.4, 0.5) is 5.69 Å². The Kier molecular flexibility index (Phi) is 4.63. The lowest BCUT2D eigenvalue weighted by Crippen LogP contribution is -2.34. The summed E-state index contributed by atoms with van der Waals surface area (Å²) < 4.78 is 0. The second-order valence-electron chi connectivity index (χ2n) is 4.33. The monoisotopic (exact) mass is 206 g/mol. The molecule has 0 radical (unpaired) electrons. The van der Waals surface area contributed by atoms with Crippen LogP contribution in [0.5, 0.6) is 0 Å². The van der Waals surface area contributed by atoms with Gasteiger partial charge < -0.3 is 9.80 Å². The number of para-hydroxylation sites is 1. The van der Waals surface area contributed by atoms with Gasteiger partial charge in [-0.25, -0.2) is 0 Å². The Morgan fingerprint density at radius 2 is 1.60 bits per heavy atom. The highest BCUT2D eigenvalue weighted by molar-refractivity contribution is 5.44. The van der Waals surface area contributed by atoms with Gasteiger partial charge in [-0.2, -0.15) is 0 Å². The first-order valence-electron chi connectivity index (χ1n) is 5.57. The zero-order chi connectivity index (χ0) is 11.3. The topological polar surface area (TPSA) is 6.48 Å². The molecule has 0 N–H and O–H groups in total. The van der Waals surface area contributed by atoms with Crippen molar-refractivity contribution in [3.63, 3.8) is 0 Å². The van der Waals surface area contributed by atoms with E-state index in [0.29, 0.717) is 6.04 Å². The van der Waals surface area contributed by atoms with Crippen LogP contribution in [0.25, 0.3) is 0 Å². The summed E-state index contributed by atoms with van der Waals surface area (Å²) in [6.45, 7) is 6.62. The van der Waals surface area contributed by atoms with E-state index in [-0.39, 0.29) is 0 Å². The zero-order valence-electron chi connectivity index (χ0n) is 10.3. The Labute approximate surface area is 93.5 Å². The molecule has 0 saturated carbocycles. The Bertz CT molecular complexity index is 269. The molecule has 0 aliphatic carbocycles. The van der Waals surface area contributed by atoms with Gasteiger partial charge in [-0.15, -0.1) is 0 Å². The molecule has 15 heavy (non-hydrogen) atoms. The Hall–Kier alpha value is -1.02. The molecular weight excluding hydrogens is 184 g/mol. The summed E-state index contributed by atoms with van der Waals surface area (Å²) in [5.74, 6) is 0. The summed E-state index contributed by atoms with van der Waals surface area (Å²) in [6.07, 6.45) is 0. The van der Waals surface area contributed by atoms with Gasteiger partial charge in [0, 0.05) is 31.9 Å². The summed E-state index contributed by atoms with van der Waals surface area (Å²) in [6, 6.07) is 11.1. The highest BCUT2D eigenvalue weighted by Crippen LogP contribution is 2.10. The van der Waals surface area contributed by atoms with Crippen molar-refractivity contribution in [2.45, 2.75) is 19.9 Å². The van der Waals surface area contributed by atoms with E-state index in [4.69, 9.17) is 0 Å². The highest BCUT2D eigenvalue weighted by atomic mass is 15.2. The van der Waals surface area contributed by atoms with Crippen LogP contribution in [0.1, 0.15) is 13.8 Å². The third kappa shape index (κ3) is 3.92. The van der Waals surface area contributed by atoms with Crippen LogP contribution >= 0.6 is 0 Å². The van der Waals surface area contributed by atoms with Crippen LogP contribution < -0.4 is 4.90 Å². The zero-order valence-corrected chi connectivity index (χ0v) is 10.3. The molecule has 84 valence electrons. The van der Waals surface area contributed by atoms with Gasteiger partial charge >= 0.3 is 0 Å². The molecule has 1 aromatic rings. The van der Waals surface area contributed by atoms with E-state index in [9.17, 15) is 0 Å². The molecule has 0 amide bonds. The number of anilines is 1. The van der Waals surface area contributed by atoms with Gasteiger partial charge in [0.05, 0.1) is 0 Å². The van der Waals surface area contributed by atoms with Crippen LogP contribution in [0.2, 0.25) is 0 Å². The van der Waals surface area contributed by atoms with Crippen LogP contribution in [0.15, 0.2) is 30.3 Å². The van der Waals surface area contributed by atoms with Crippen molar-refractivity contribution in [1.82, 2.24) is 4.90 Å². The molecule has 0 spiro atoms. The minimum Gasteiger partial charge on any atom is -0.373 e. The molecule has 0 heterocycles. The van der Waals surface area contributed by atoms with Crippen LogP contribution in [0.3, 0.4) is 0 Å². The average molecular weight is 206 g/mol. The van der Waals surface area contributed by atoms with E-state index < -0.39 is 0 Å². The molecular formula is C13H22N2. The molecule has 0 bridgehead atoms. The largest absolute Gasteiger partial charge is 0.373 e. The standard InChI is InChI=1S/C13H22N2/c1-12(2)14(3)10-11-15(4)13-8-6-5-7-9-13/h5-9,12H,10-11H2,1-4H3. The van der Waals surface area contributed by atoms with Gasteiger partial charge in [-0.1, -0.05) is 18.2 Å². The minimum atomic E-state index is 0.620. The molecule has 2 nitrogen and oxygen atoms in total. The molecule has 2 heteroatoms. The molecule has 0 fully saturated rings. The number of benzene rings is 1. The molecule has 1 aromatic carbocycles. The predicted molar refractivity (Wildman–Crippen MR) is 67.5 cm³/mol. The first-order valence-corrected chi connectivity index (χ1v) is 5.57. The van der Waals surface area contributed by atoms with Crippen molar-refractivity contribution in [2.24, 2.45) is 0 Å². The summed E-state index contributed by atoms with van der Waals surface area (Å²) in [4.78, 5) is 4.65. The number of nitrogens with zero attached hydrogens (tertiary/aromatic N) is 2. The predicted octanol–water partition coefficient (Wildman–Crippen LogP) is 2.46. The van der Waals surface area contributed by atoms with Crippen molar-refractivity contribution in [1.29, 1.82) is 0 Å². The Morgan fingerprint density at radius 3 is 2.13 bits per heavy atom. The molecule has 0 atom stereocenters. The smallest absolute Gasteiger partial charge is 0.0364 e. The first kappa shape index (κ1) is 12.1. The Balaban J connectivity index is 2.40. The lowest BCUT2D eigenvalue weighted by atomic mass is 10.3. The van der Waals surface area contributed by atoms with Gasteiger partial charge in [0.15, 0.2) is 0 Å². The maximum atomic E-state index is 2.36. The number of rotatable bonds is 5. The van der Waals surface area contributed by atoms with Crippen LogP contribution in [-0.4, -0.2) is 38.1 Å². The maximum absolute atomic E-state index is 2.36.